The fraction of sp³-hybridized carbons (Fsp3) is 0.500. The highest BCUT2D eigenvalue weighted by atomic mass is 32.2. The Morgan fingerprint density at radius 3 is 2.19 bits per heavy atom. The van der Waals surface area contributed by atoms with Gasteiger partial charge in [0.1, 0.15) is 0 Å². The Labute approximate surface area is 221 Å². The molecule has 1 unspecified atom stereocenters. The van der Waals surface area contributed by atoms with E-state index in [1.54, 1.807) is 11.8 Å². The van der Waals surface area contributed by atoms with Crippen LogP contribution in [0.4, 0.5) is 0 Å². The summed E-state index contributed by atoms with van der Waals surface area (Å²) in [6, 6.07) is 18.5. The van der Waals surface area contributed by atoms with Gasteiger partial charge in [-0.3, -0.25) is 9.36 Å². The summed E-state index contributed by atoms with van der Waals surface area (Å²) in [5, 5.41) is 13.0. The monoisotopic (exact) mass is 506 g/mol. The molecule has 36 heavy (non-hydrogen) atoms. The number of amides is 1. The lowest BCUT2D eigenvalue weighted by atomic mass is 10.1. The van der Waals surface area contributed by atoms with Crippen LogP contribution in [-0.2, 0) is 10.5 Å². The molecule has 3 aromatic rings. The van der Waals surface area contributed by atoms with Crippen LogP contribution >= 0.6 is 11.8 Å². The number of carbonyl (C=O) groups excluding carboxylic acids is 1. The standard InChI is InChI=1S/C30H42N4OS/c1-4-5-6-7-8-9-10-11-15-18-28(35)31-25(3)29-32-33-30(36-23-26-16-13-12-14-17-26)34(29)27-21-19-24(2)20-22-27/h12-14,16-17,19-22,25H,4-11,15,18,23H2,1-3H3,(H,31,35). The number of rotatable bonds is 16. The number of aryl methyl sites for hydroxylation is 1. The maximum atomic E-state index is 12.7. The van der Waals surface area contributed by atoms with Crippen molar-refractivity contribution in [1.82, 2.24) is 20.1 Å². The summed E-state index contributed by atoms with van der Waals surface area (Å²) in [7, 11) is 0. The molecule has 1 heterocycles. The third-order valence-electron chi connectivity index (χ3n) is 6.43. The summed E-state index contributed by atoms with van der Waals surface area (Å²) in [5.41, 5.74) is 3.45. The highest BCUT2D eigenvalue weighted by molar-refractivity contribution is 7.98. The van der Waals surface area contributed by atoms with E-state index in [2.05, 4.69) is 82.5 Å². The first-order valence-electron chi connectivity index (χ1n) is 13.6. The first-order valence-corrected chi connectivity index (χ1v) is 14.6. The topological polar surface area (TPSA) is 59.8 Å². The first kappa shape index (κ1) is 28.0. The number of aromatic nitrogens is 3. The van der Waals surface area contributed by atoms with Crippen molar-refractivity contribution in [3.63, 3.8) is 0 Å². The van der Waals surface area contributed by atoms with Crippen molar-refractivity contribution in [3.05, 3.63) is 71.5 Å². The zero-order valence-corrected chi connectivity index (χ0v) is 23.0. The molecule has 0 aliphatic heterocycles. The molecule has 194 valence electrons. The predicted molar refractivity (Wildman–Crippen MR) is 151 cm³/mol. The molecule has 1 aromatic heterocycles. The summed E-state index contributed by atoms with van der Waals surface area (Å²) in [6.45, 7) is 6.33. The van der Waals surface area contributed by atoms with Gasteiger partial charge in [-0.1, -0.05) is 118 Å². The maximum absolute atomic E-state index is 12.7. The fourth-order valence-electron chi connectivity index (χ4n) is 4.29. The third kappa shape index (κ3) is 9.12. The van der Waals surface area contributed by atoms with Crippen LogP contribution in [0, 0.1) is 6.92 Å². The number of benzene rings is 2. The molecule has 0 aliphatic carbocycles. The van der Waals surface area contributed by atoms with Crippen LogP contribution in [0.3, 0.4) is 0 Å². The van der Waals surface area contributed by atoms with Gasteiger partial charge in [0.2, 0.25) is 5.91 Å². The van der Waals surface area contributed by atoms with Crippen molar-refractivity contribution in [1.29, 1.82) is 0 Å². The van der Waals surface area contributed by atoms with E-state index in [0.717, 1.165) is 35.3 Å². The maximum Gasteiger partial charge on any atom is 0.220 e. The lowest BCUT2D eigenvalue weighted by Gasteiger charge is -2.16. The van der Waals surface area contributed by atoms with Crippen LogP contribution in [-0.4, -0.2) is 20.7 Å². The molecule has 1 N–H and O–H groups in total. The van der Waals surface area contributed by atoms with Gasteiger partial charge in [0.25, 0.3) is 0 Å². The second-order valence-corrected chi connectivity index (χ2v) is 10.6. The lowest BCUT2D eigenvalue weighted by molar-refractivity contribution is -0.121. The number of hydrogen-bond acceptors (Lipinski definition) is 4. The molecule has 0 radical (unpaired) electrons. The summed E-state index contributed by atoms with van der Waals surface area (Å²) < 4.78 is 2.08. The van der Waals surface area contributed by atoms with Gasteiger partial charge in [0.05, 0.1) is 6.04 Å². The second-order valence-electron chi connectivity index (χ2n) is 9.65. The molecule has 1 amide bonds. The molecule has 5 nitrogen and oxygen atoms in total. The van der Waals surface area contributed by atoms with Crippen LogP contribution < -0.4 is 5.32 Å². The average Bonchev–Trinajstić information content (AvgIpc) is 3.31. The Morgan fingerprint density at radius 2 is 1.53 bits per heavy atom. The van der Waals surface area contributed by atoms with E-state index < -0.39 is 0 Å². The zero-order chi connectivity index (χ0) is 25.6. The van der Waals surface area contributed by atoms with E-state index in [1.807, 2.05) is 13.0 Å². The zero-order valence-electron chi connectivity index (χ0n) is 22.2. The Bertz CT molecular complexity index is 1030. The molecule has 0 saturated carbocycles. The van der Waals surface area contributed by atoms with Gasteiger partial charge >= 0.3 is 0 Å². The molecule has 0 spiro atoms. The highest BCUT2D eigenvalue weighted by Gasteiger charge is 2.21. The number of thioether (sulfide) groups is 1. The molecule has 1 atom stereocenters. The molecule has 6 heteroatoms. The van der Waals surface area contributed by atoms with Gasteiger partial charge < -0.3 is 5.32 Å². The summed E-state index contributed by atoms with van der Waals surface area (Å²) >= 11 is 1.66. The van der Waals surface area contributed by atoms with Gasteiger partial charge in [-0.25, -0.2) is 0 Å². The Hall–Kier alpha value is -2.60. The molecular formula is C30H42N4OS. The van der Waals surface area contributed by atoms with Crippen molar-refractivity contribution in [3.8, 4) is 5.69 Å². The smallest absolute Gasteiger partial charge is 0.220 e. The van der Waals surface area contributed by atoms with Crippen molar-refractivity contribution in [2.45, 2.75) is 102 Å². The van der Waals surface area contributed by atoms with Crippen LogP contribution in [0.5, 0.6) is 0 Å². The molecule has 2 aromatic carbocycles. The number of carbonyl (C=O) groups is 1. The molecule has 0 bridgehead atoms. The summed E-state index contributed by atoms with van der Waals surface area (Å²) in [6.07, 6.45) is 11.8. The van der Waals surface area contributed by atoms with E-state index in [1.165, 1.54) is 56.1 Å². The number of unbranched alkanes of at least 4 members (excludes halogenated alkanes) is 8. The highest BCUT2D eigenvalue weighted by Crippen LogP contribution is 2.28. The van der Waals surface area contributed by atoms with E-state index in [4.69, 9.17) is 0 Å². The average molecular weight is 507 g/mol. The van der Waals surface area contributed by atoms with E-state index in [0.29, 0.717) is 6.42 Å². The van der Waals surface area contributed by atoms with Gasteiger partial charge in [-0.2, -0.15) is 0 Å². The normalized spacial score (nSPS) is 12.0. The minimum Gasteiger partial charge on any atom is -0.346 e. The Kier molecular flexibility index (Phi) is 12.0. The van der Waals surface area contributed by atoms with Crippen LogP contribution in [0.1, 0.15) is 101 Å². The largest absolute Gasteiger partial charge is 0.346 e. The van der Waals surface area contributed by atoms with Gasteiger partial charge in [-0.05, 0) is 38.0 Å². The number of hydrogen-bond donors (Lipinski definition) is 1. The summed E-state index contributed by atoms with van der Waals surface area (Å²) in [5.74, 6) is 1.65. The summed E-state index contributed by atoms with van der Waals surface area (Å²) in [4.78, 5) is 12.7. The molecule has 0 fully saturated rings. The fourth-order valence-corrected chi connectivity index (χ4v) is 5.20. The molecular weight excluding hydrogens is 464 g/mol. The van der Waals surface area contributed by atoms with Gasteiger partial charge in [-0.15, -0.1) is 10.2 Å². The van der Waals surface area contributed by atoms with Gasteiger partial charge in [0, 0.05) is 17.9 Å². The molecule has 3 rings (SSSR count). The SMILES string of the molecule is CCCCCCCCCCCC(=O)NC(C)c1nnc(SCc2ccccc2)n1-c1ccc(C)cc1. The Balaban J connectivity index is 1.56. The van der Waals surface area contributed by atoms with E-state index in [9.17, 15) is 4.79 Å². The van der Waals surface area contributed by atoms with Crippen LogP contribution in [0.25, 0.3) is 5.69 Å². The van der Waals surface area contributed by atoms with Crippen molar-refractivity contribution >= 4 is 17.7 Å². The van der Waals surface area contributed by atoms with E-state index >= 15 is 0 Å². The van der Waals surface area contributed by atoms with Crippen molar-refractivity contribution < 1.29 is 4.79 Å². The lowest BCUT2D eigenvalue weighted by Crippen LogP contribution is -2.28. The van der Waals surface area contributed by atoms with Gasteiger partial charge in [0.15, 0.2) is 11.0 Å². The first-order chi connectivity index (χ1) is 17.6. The minimum absolute atomic E-state index is 0.0855. The van der Waals surface area contributed by atoms with Crippen molar-refractivity contribution in [2.24, 2.45) is 0 Å². The number of nitrogens with zero attached hydrogens (tertiary/aromatic N) is 3. The predicted octanol–water partition coefficient (Wildman–Crippen LogP) is 7.97. The number of nitrogens with one attached hydrogen (secondary N) is 1. The van der Waals surface area contributed by atoms with Crippen molar-refractivity contribution in [2.75, 3.05) is 0 Å². The molecule has 0 aliphatic rings. The molecule has 0 saturated heterocycles. The van der Waals surface area contributed by atoms with Crippen LogP contribution in [0.2, 0.25) is 0 Å². The third-order valence-corrected chi connectivity index (χ3v) is 7.43. The Morgan fingerprint density at radius 1 is 0.889 bits per heavy atom. The second kappa shape index (κ2) is 15.5. The van der Waals surface area contributed by atoms with Crippen LogP contribution in [0.15, 0.2) is 59.8 Å². The van der Waals surface area contributed by atoms with E-state index in [-0.39, 0.29) is 11.9 Å². The quantitative estimate of drug-likeness (QED) is 0.158. The minimum atomic E-state index is -0.226.